The normalized spacial score (nSPS) is 15.3. The Morgan fingerprint density at radius 1 is 1.08 bits per heavy atom. The van der Waals surface area contributed by atoms with Crippen LogP contribution >= 0.6 is 11.3 Å². The second-order valence-corrected chi connectivity index (χ2v) is 7.07. The number of thiophene rings is 1. The van der Waals surface area contributed by atoms with Crippen LogP contribution in [0.3, 0.4) is 0 Å². The third-order valence-electron chi connectivity index (χ3n) is 4.74. The maximum atomic E-state index is 12.1. The number of hydrogen-bond acceptors (Lipinski definition) is 3. The molecule has 0 aliphatic heterocycles. The van der Waals surface area contributed by atoms with Gasteiger partial charge in [-0.05, 0) is 29.9 Å². The number of amides is 2. The molecule has 0 spiro atoms. The molecule has 1 aliphatic carbocycles. The summed E-state index contributed by atoms with van der Waals surface area (Å²) in [5.74, 6) is -0.133. The first-order chi connectivity index (χ1) is 11.7. The van der Waals surface area contributed by atoms with Crippen LogP contribution in [-0.2, 0) is 10.2 Å². The van der Waals surface area contributed by atoms with Crippen molar-refractivity contribution in [3.05, 3.63) is 58.3 Å². The zero-order valence-electron chi connectivity index (χ0n) is 13.6. The zero-order chi connectivity index (χ0) is 16.8. The van der Waals surface area contributed by atoms with Crippen molar-refractivity contribution in [2.24, 2.45) is 0 Å². The first-order valence-corrected chi connectivity index (χ1v) is 9.27. The van der Waals surface area contributed by atoms with Crippen molar-refractivity contribution in [1.82, 2.24) is 10.6 Å². The summed E-state index contributed by atoms with van der Waals surface area (Å²) < 4.78 is 0. The fourth-order valence-corrected chi connectivity index (χ4v) is 3.74. The maximum absolute atomic E-state index is 12.1. The van der Waals surface area contributed by atoms with E-state index in [1.54, 1.807) is 11.4 Å². The van der Waals surface area contributed by atoms with Crippen LogP contribution in [0.25, 0.3) is 0 Å². The molecule has 0 atom stereocenters. The van der Waals surface area contributed by atoms with Gasteiger partial charge in [0.25, 0.3) is 5.91 Å². The third kappa shape index (κ3) is 3.85. The molecule has 2 N–H and O–H groups in total. The molecule has 5 heteroatoms. The van der Waals surface area contributed by atoms with Crippen molar-refractivity contribution in [1.29, 1.82) is 0 Å². The zero-order valence-corrected chi connectivity index (χ0v) is 14.4. The summed E-state index contributed by atoms with van der Waals surface area (Å²) in [5.41, 5.74) is 2.05. The highest BCUT2D eigenvalue weighted by Crippen LogP contribution is 2.43. The average Bonchev–Trinajstić information content (AvgIpc) is 3.09. The Kier molecular flexibility index (Phi) is 5.30. The van der Waals surface area contributed by atoms with Gasteiger partial charge in [0.15, 0.2) is 0 Å². The largest absolute Gasteiger partial charge is 0.355 e. The highest BCUT2D eigenvalue weighted by Gasteiger charge is 2.38. The second kappa shape index (κ2) is 7.62. The summed E-state index contributed by atoms with van der Waals surface area (Å²) in [6.07, 6.45) is 3.75. The van der Waals surface area contributed by atoms with Gasteiger partial charge in [0.2, 0.25) is 5.91 Å². The highest BCUT2D eigenvalue weighted by molar-refractivity contribution is 7.08. The van der Waals surface area contributed by atoms with Crippen LogP contribution in [0.2, 0.25) is 0 Å². The minimum atomic E-state index is -0.121. The number of rotatable bonds is 7. The Labute approximate surface area is 146 Å². The molecule has 24 heavy (non-hydrogen) atoms. The van der Waals surface area contributed by atoms with Gasteiger partial charge >= 0.3 is 0 Å². The summed E-state index contributed by atoms with van der Waals surface area (Å²) in [6.45, 7) is 1.03. The molecule has 0 bridgehead atoms. The Hall–Kier alpha value is -2.14. The minimum Gasteiger partial charge on any atom is -0.355 e. The minimum absolute atomic E-state index is 0.0113. The Morgan fingerprint density at radius 3 is 2.50 bits per heavy atom. The van der Waals surface area contributed by atoms with E-state index in [9.17, 15) is 9.59 Å². The molecule has 1 fully saturated rings. The molecule has 3 rings (SSSR count). The van der Waals surface area contributed by atoms with Crippen molar-refractivity contribution in [3.63, 3.8) is 0 Å². The second-order valence-electron chi connectivity index (χ2n) is 6.29. The Bertz CT molecular complexity index is 679. The van der Waals surface area contributed by atoms with Gasteiger partial charge in [-0.1, -0.05) is 36.8 Å². The summed E-state index contributed by atoms with van der Waals surface area (Å²) in [7, 11) is 0. The third-order valence-corrected chi connectivity index (χ3v) is 5.42. The lowest BCUT2D eigenvalue weighted by Gasteiger charge is -2.42. The summed E-state index contributed by atoms with van der Waals surface area (Å²) in [5, 5.41) is 9.49. The number of nitrogens with one attached hydrogen (secondary N) is 2. The molecule has 4 nitrogen and oxygen atoms in total. The molecule has 0 saturated heterocycles. The van der Waals surface area contributed by atoms with Crippen molar-refractivity contribution >= 4 is 23.2 Å². The van der Waals surface area contributed by atoms with Gasteiger partial charge in [0.1, 0.15) is 0 Å². The van der Waals surface area contributed by atoms with Gasteiger partial charge in [0, 0.05) is 35.9 Å². The molecule has 2 amide bonds. The first-order valence-electron chi connectivity index (χ1n) is 8.32. The molecule has 1 aromatic carbocycles. The van der Waals surface area contributed by atoms with Crippen molar-refractivity contribution in [2.45, 2.75) is 31.1 Å². The highest BCUT2D eigenvalue weighted by atomic mass is 32.1. The van der Waals surface area contributed by atoms with E-state index in [-0.39, 0.29) is 17.2 Å². The predicted octanol–water partition coefficient (Wildman–Crippen LogP) is 3.11. The molecule has 0 radical (unpaired) electrons. The van der Waals surface area contributed by atoms with Crippen LogP contribution in [0.5, 0.6) is 0 Å². The molecule has 1 heterocycles. The number of hydrogen-bond donors (Lipinski definition) is 2. The SMILES string of the molecule is O=C(CCNC(=O)c1ccsc1)NCC1(c2ccccc2)CCC1. The van der Waals surface area contributed by atoms with Gasteiger partial charge < -0.3 is 10.6 Å². The standard InChI is InChI=1S/C19H22N2O2S/c22-17(7-11-20-18(23)15-8-12-24-13-15)21-14-19(9-4-10-19)16-5-2-1-3-6-16/h1-3,5-6,8,12-13H,4,7,9-11,14H2,(H,20,23)(H,21,22). The lowest BCUT2D eigenvalue weighted by atomic mass is 9.64. The van der Waals surface area contributed by atoms with Crippen LogP contribution in [0.4, 0.5) is 0 Å². The smallest absolute Gasteiger partial charge is 0.252 e. The van der Waals surface area contributed by atoms with Gasteiger partial charge in [-0.15, -0.1) is 0 Å². The molecule has 1 aliphatic rings. The van der Waals surface area contributed by atoms with Crippen molar-refractivity contribution in [3.8, 4) is 0 Å². The van der Waals surface area contributed by atoms with E-state index >= 15 is 0 Å². The topological polar surface area (TPSA) is 58.2 Å². The number of carbonyl (C=O) groups excluding carboxylic acids is 2. The fraction of sp³-hybridized carbons (Fsp3) is 0.368. The lowest BCUT2D eigenvalue weighted by Crippen LogP contribution is -2.46. The quantitative estimate of drug-likeness (QED) is 0.812. The van der Waals surface area contributed by atoms with Crippen LogP contribution in [0, 0.1) is 0 Å². The van der Waals surface area contributed by atoms with E-state index in [1.807, 2.05) is 11.4 Å². The molecular weight excluding hydrogens is 320 g/mol. The van der Waals surface area contributed by atoms with E-state index < -0.39 is 0 Å². The van der Waals surface area contributed by atoms with E-state index in [2.05, 4.69) is 34.9 Å². The van der Waals surface area contributed by atoms with E-state index in [0.717, 1.165) is 12.8 Å². The molecule has 2 aromatic rings. The molecule has 1 saturated carbocycles. The number of carbonyl (C=O) groups is 2. The molecular formula is C19H22N2O2S. The van der Waals surface area contributed by atoms with Crippen LogP contribution in [0.1, 0.15) is 41.6 Å². The molecule has 126 valence electrons. The van der Waals surface area contributed by atoms with Gasteiger partial charge in [-0.25, -0.2) is 0 Å². The Balaban J connectivity index is 1.43. The summed E-state index contributed by atoms with van der Waals surface area (Å²) in [6, 6.07) is 12.2. The Morgan fingerprint density at radius 2 is 1.88 bits per heavy atom. The first kappa shape index (κ1) is 16.7. The van der Waals surface area contributed by atoms with Gasteiger partial charge in [-0.2, -0.15) is 11.3 Å². The van der Waals surface area contributed by atoms with Gasteiger partial charge in [0.05, 0.1) is 0 Å². The fourth-order valence-electron chi connectivity index (χ4n) is 3.10. The summed E-state index contributed by atoms with van der Waals surface area (Å²) >= 11 is 1.49. The van der Waals surface area contributed by atoms with Crippen molar-refractivity contribution < 1.29 is 9.59 Å². The molecule has 1 aromatic heterocycles. The average molecular weight is 342 g/mol. The number of benzene rings is 1. The van der Waals surface area contributed by atoms with Crippen LogP contribution < -0.4 is 10.6 Å². The van der Waals surface area contributed by atoms with Gasteiger partial charge in [-0.3, -0.25) is 9.59 Å². The van der Waals surface area contributed by atoms with Crippen LogP contribution in [-0.4, -0.2) is 24.9 Å². The predicted molar refractivity (Wildman–Crippen MR) is 96.2 cm³/mol. The van der Waals surface area contributed by atoms with E-state index in [4.69, 9.17) is 0 Å². The van der Waals surface area contributed by atoms with Crippen LogP contribution in [0.15, 0.2) is 47.2 Å². The van der Waals surface area contributed by atoms with E-state index in [1.165, 1.54) is 23.3 Å². The van der Waals surface area contributed by atoms with E-state index in [0.29, 0.717) is 25.1 Å². The molecule has 0 unspecified atom stereocenters. The van der Waals surface area contributed by atoms with Crippen molar-refractivity contribution in [2.75, 3.05) is 13.1 Å². The lowest BCUT2D eigenvalue weighted by molar-refractivity contribution is -0.121. The summed E-state index contributed by atoms with van der Waals surface area (Å²) in [4.78, 5) is 23.9. The monoisotopic (exact) mass is 342 g/mol. The maximum Gasteiger partial charge on any atom is 0.252 e.